The monoisotopic (exact) mass is 497 g/mol. The number of morpholine rings is 1. The van der Waals surface area contributed by atoms with E-state index in [0.717, 1.165) is 23.9 Å². The number of hydrogen-bond donors (Lipinski definition) is 1. The lowest BCUT2D eigenvalue weighted by molar-refractivity contribution is -0.142. The molecule has 0 spiro atoms. The van der Waals surface area contributed by atoms with E-state index in [1.807, 2.05) is 38.1 Å². The topological polar surface area (TPSA) is 108 Å². The molecule has 194 valence electrons. The summed E-state index contributed by atoms with van der Waals surface area (Å²) >= 11 is 0. The Balaban J connectivity index is 1.47. The molecule has 10 heteroatoms. The predicted molar refractivity (Wildman–Crippen MR) is 133 cm³/mol. The largest absolute Gasteiger partial charge is 0.465 e. The number of likely N-dealkylation sites (tertiary alicyclic amines) is 1. The van der Waals surface area contributed by atoms with Gasteiger partial charge in [0, 0.05) is 38.8 Å². The molecule has 0 unspecified atom stereocenters. The minimum absolute atomic E-state index is 0.0589. The lowest BCUT2D eigenvalue weighted by atomic mass is 9.91. The number of benzene rings is 1. The van der Waals surface area contributed by atoms with E-state index in [0.29, 0.717) is 45.1 Å². The fourth-order valence-electron chi connectivity index (χ4n) is 5.49. The van der Waals surface area contributed by atoms with E-state index in [9.17, 15) is 19.5 Å². The van der Waals surface area contributed by atoms with Crippen molar-refractivity contribution in [3.8, 4) is 0 Å². The van der Waals surface area contributed by atoms with Crippen LogP contribution in [0.2, 0.25) is 0 Å². The van der Waals surface area contributed by atoms with E-state index in [-0.39, 0.29) is 36.9 Å². The molecule has 2 aromatic rings. The number of carbonyl (C=O) groups excluding carboxylic acids is 2. The van der Waals surface area contributed by atoms with Crippen LogP contribution in [0.15, 0.2) is 24.3 Å². The molecule has 3 amide bonds. The van der Waals surface area contributed by atoms with Crippen LogP contribution < -0.4 is 0 Å². The van der Waals surface area contributed by atoms with Gasteiger partial charge in [-0.25, -0.2) is 9.78 Å². The predicted octanol–water partition coefficient (Wildman–Crippen LogP) is 2.70. The first-order chi connectivity index (χ1) is 17.3. The molecule has 0 bridgehead atoms. The van der Waals surface area contributed by atoms with Crippen molar-refractivity contribution in [1.29, 1.82) is 0 Å². The van der Waals surface area contributed by atoms with E-state index >= 15 is 0 Å². The van der Waals surface area contributed by atoms with Gasteiger partial charge in [0.15, 0.2) is 0 Å². The summed E-state index contributed by atoms with van der Waals surface area (Å²) in [4.78, 5) is 49.1. The first kappa shape index (κ1) is 24.5. The normalized spacial score (nSPS) is 22.8. The molecule has 3 heterocycles. The minimum Gasteiger partial charge on any atom is -0.465 e. The summed E-state index contributed by atoms with van der Waals surface area (Å²) in [6, 6.07) is 7.63. The van der Waals surface area contributed by atoms with Gasteiger partial charge < -0.3 is 29.1 Å². The second kappa shape index (κ2) is 10.1. The molecule has 5 rings (SSSR count). The van der Waals surface area contributed by atoms with E-state index in [1.54, 1.807) is 9.80 Å². The average molecular weight is 498 g/mol. The summed E-state index contributed by atoms with van der Waals surface area (Å²) in [5, 5.41) is 9.87. The van der Waals surface area contributed by atoms with E-state index in [1.165, 1.54) is 4.90 Å². The van der Waals surface area contributed by atoms with Gasteiger partial charge in [0.25, 0.3) is 5.91 Å². The van der Waals surface area contributed by atoms with Crippen LogP contribution in [0.3, 0.4) is 0 Å². The van der Waals surface area contributed by atoms with Gasteiger partial charge >= 0.3 is 6.09 Å². The number of carboxylic acid groups (broad SMARTS) is 1. The first-order valence-corrected chi connectivity index (χ1v) is 13.0. The standard InChI is InChI=1S/C26H35N5O5/c1-17(2)14-30(25(33)23-27-21-5-3-4-6-22(21)31(23)19-7-8-19)20-13-18(15-29(16-20)26(34)35)24(32)28-9-11-36-12-10-28/h3-6,17-20H,7-16H2,1-2H3,(H,34,35)/t18-,20+/m1/s1. The third kappa shape index (κ3) is 4.91. The number of nitrogens with zero attached hydrogens (tertiary/aromatic N) is 5. The zero-order chi connectivity index (χ0) is 25.4. The maximum atomic E-state index is 14.1. The molecule has 2 saturated heterocycles. The molecule has 1 saturated carbocycles. The van der Waals surface area contributed by atoms with Crippen molar-refractivity contribution in [2.45, 2.75) is 45.2 Å². The van der Waals surface area contributed by atoms with E-state index < -0.39 is 18.1 Å². The summed E-state index contributed by atoms with van der Waals surface area (Å²) < 4.78 is 7.43. The summed E-state index contributed by atoms with van der Waals surface area (Å²) in [6.45, 7) is 6.86. The van der Waals surface area contributed by atoms with Crippen LogP contribution in [0, 0.1) is 11.8 Å². The second-order valence-corrected chi connectivity index (χ2v) is 10.6. The fourth-order valence-corrected chi connectivity index (χ4v) is 5.49. The van der Waals surface area contributed by atoms with Crippen LogP contribution in [-0.2, 0) is 9.53 Å². The molecule has 3 fully saturated rings. The number of fused-ring (bicyclic) bond motifs is 1. The molecule has 1 aliphatic carbocycles. The molecular weight excluding hydrogens is 462 g/mol. The molecule has 1 aromatic heterocycles. The highest BCUT2D eigenvalue weighted by atomic mass is 16.5. The van der Waals surface area contributed by atoms with Crippen molar-refractivity contribution in [2.75, 3.05) is 45.9 Å². The Kier molecular flexibility index (Phi) is 6.87. The van der Waals surface area contributed by atoms with Crippen molar-refractivity contribution in [2.24, 2.45) is 11.8 Å². The number of para-hydroxylation sites is 2. The van der Waals surface area contributed by atoms with Crippen LogP contribution in [0.1, 0.15) is 49.8 Å². The number of amides is 3. The maximum Gasteiger partial charge on any atom is 0.407 e. The Labute approximate surface area is 210 Å². The van der Waals surface area contributed by atoms with Crippen molar-refractivity contribution in [3.63, 3.8) is 0 Å². The number of carbonyl (C=O) groups is 3. The van der Waals surface area contributed by atoms with Gasteiger partial charge in [0.2, 0.25) is 11.7 Å². The molecule has 36 heavy (non-hydrogen) atoms. The lowest BCUT2D eigenvalue weighted by Gasteiger charge is -2.43. The Hall–Kier alpha value is -3.14. The van der Waals surface area contributed by atoms with Gasteiger partial charge in [-0.05, 0) is 37.3 Å². The van der Waals surface area contributed by atoms with Gasteiger partial charge in [0.05, 0.1) is 36.2 Å². The summed E-state index contributed by atoms with van der Waals surface area (Å²) in [5.74, 6) is -0.176. The summed E-state index contributed by atoms with van der Waals surface area (Å²) in [6.07, 6.45) is 1.39. The number of imidazole rings is 1. The van der Waals surface area contributed by atoms with Crippen LogP contribution in [0.25, 0.3) is 11.0 Å². The second-order valence-electron chi connectivity index (χ2n) is 10.6. The minimum atomic E-state index is -1.07. The number of aromatic nitrogens is 2. The quantitative estimate of drug-likeness (QED) is 0.658. The Morgan fingerprint density at radius 2 is 1.83 bits per heavy atom. The third-order valence-corrected chi connectivity index (χ3v) is 7.33. The van der Waals surface area contributed by atoms with Gasteiger partial charge in [0.1, 0.15) is 0 Å². The highest BCUT2D eigenvalue weighted by molar-refractivity contribution is 5.95. The number of hydrogen-bond acceptors (Lipinski definition) is 5. The van der Waals surface area contributed by atoms with Crippen molar-refractivity contribution in [1.82, 2.24) is 24.3 Å². The van der Waals surface area contributed by atoms with Gasteiger partial charge in [-0.2, -0.15) is 0 Å². The summed E-state index contributed by atoms with van der Waals surface area (Å²) in [5.41, 5.74) is 1.73. The molecule has 10 nitrogen and oxygen atoms in total. The lowest BCUT2D eigenvalue weighted by Crippen LogP contribution is -2.58. The maximum absolute atomic E-state index is 14.1. The van der Waals surface area contributed by atoms with Gasteiger partial charge in [-0.3, -0.25) is 9.59 Å². The molecule has 1 N–H and O–H groups in total. The van der Waals surface area contributed by atoms with E-state index in [4.69, 9.17) is 9.72 Å². The molecular formula is C26H35N5O5. The zero-order valence-electron chi connectivity index (χ0n) is 21.0. The molecule has 1 aromatic carbocycles. The highest BCUT2D eigenvalue weighted by Crippen LogP contribution is 2.39. The molecule has 2 atom stereocenters. The Morgan fingerprint density at radius 1 is 1.11 bits per heavy atom. The Morgan fingerprint density at radius 3 is 2.50 bits per heavy atom. The average Bonchev–Trinajstić information content (AvgIpc) is 3.65. The van der Waals surface area contributed by atoms with Crippen molar-refractivity contribution < 1.29 is 24.2 Å². The van der Waals surface area contributed by atoms with Crippen LogP contribution in [0.5, 0.6) is 0 Å². The van der Waals surface area contributed by atoms with Crippen molar-refractivity contribution >= 4 is 28.9 Å². The fraction of sp³-hybridized carbons (Fsp3) is 0.615. The molecule has 3 aliphatic rings. The van der Waals surface area contributed by atoms with Crippen LogP contribution >= 0.6 is 0 Å². The van der Waals surface area contributed by atoms with E-state index in [2.05, 4.69) is 4.57 Å². The molecule has 0 radical (unpaired) electrons. The van der Waals surface area contributed by atoms with Crippen molar-refractivity contribution in [3.05, 3.63) is 30.1 Å². The smallest absolute Gasteiger partial charge is 0.407 e. The summed E-state index contributed by atoms with van der Waals surface area (Å²) in [7, 11) is 0. The number of ether oxygens (including phenoxy) is 1. The zero-order valence-corrected chi connectivity index (χ0v) is 21.0. The number of piperidine rings is 1. The van der Waals surface area contributed by atoms with Crippen LogP contribution in [0.4, 0.5) is 4.79 Å². The van der Waals surface area contributed by atoms with Gasteiger partial charge in [-0.15, -0.1) is 0 Å². The SMILES string of the molecule is CC(C)CN(C(=O)c1nc2ccccc2n1C1CC1)[C@H]1C[C@@H](C(=O)N2CCOCC2)CN(C(=O)O)C1. The van der Waals surface area contributed by atoms with Gasteiger partial charge in [-0.1, -0.05) is 26.0 Å². The third-order valence-electron chi connectivity index (χ3n) is 7.33. The van der Waals surface area contributed by atoms with Crippen LogP contribution in [-0.4, -0.2) is 99.2 Å². The number of rotatable bonds is 6. The first-order valence-electron chi connectivity index (χ1n) is 13.0. The highest BCUT2D eigenvalue weighted by Gasteiger charge is 2.41. The molecule has 2 aliphatic heterocycles. The Bertz CT molecular complexity index is 1140.